The van der Waals surface area contributed by atoms with Crippen LogP contribution >= 0.6 is 11.3 Å². The Morgan fingerprint density at radius 2 is 1.90 bits per heavy atom. The first-order valence-electron chi connectivity index (χ1n) is 14.2. The van der Waals surface area contributed by atoms with Gasteiger partial charge >= 0.3 is 0 Å². The molecule has 1 aromatic carbocycles. The lowest BCUT2D eigenvalue weighted by Crippen LogP contribution is -2.38. The molecule has 0 bridgehead atoms. The van der Waals surface area contributed by atoms with Crippen molar-refractivity contribution in [2.45, 2.75) is 33.6 Å². The van der Waals surface area contributed by atoms with E-state index in [0.717, 1.165) is 101 Å². The van der Waals surface area contributed by atoms with Crippen LogP contribution < -0.4 is 5.32 Å². The summed E-state index contributed by atoms with van der Waals surface area (Å²) in [5.41, 5.74) is 8.45. The smallest absolute Gasteiger partial charge is 0.256 e. The summed E-state index contributed by atoms with van der Waals surface area (Å²) in [6.45, 7) is 10.6. The van der Waals surface area contributed by atoms with Crippen LogP contribution in [0.25, 0.3) is 33.5 Å². The molecule has 2 aliphatic rings. The summed E-state index contributed by atoms with van der Waals surface area (Å²) < 4.78 is 0. The van der Waals surface area contributed by atoms with E-state index in [0.29, 0.717) is 5.57 Å². The molecule has 4 aromatic rings. The molecule has 0 unspecified atom stereocenters. The van der Waals surface area contributed by atoms with Crippen LogP contribution in [0, 0.1) is 6.92 Å². The number of hydrogen-bond donors (Lipinski definition) is 2. The van der Waals surface area contributed by atoms with Gasteiger partial charge < -0.3 is 20.1 Å². The zero-order valence-corrected chi connectivity index (χ0v) is 24.5. The minimum Gasteiger partial charge on any atom is -0.358 e. The second kappa shape index (κ2) is 11.4. The fourth-order valence-corrected chi connectivity index (χ4v) is 6.53. The van der Waals surface area contributed by atoms with Crippen LogP contribution in [0.5, 0.6) is 0 Å². The van der Waals surface area contributed by atoms with Gasteiger partial charge in [-0.25, -0.2) is 4.98 Å². The number of nitrogens with one attached hydrogen (secondary N) is 2. The van der Waals surface area contributed by atoms with Crippen molar-refractivity contribution in [3.8, 4) is 21.8 Å². The van der Waals surface area contributed by atoms with E-state index in [9.17, 15) is 9.59 Å². The van der Waals surface area contributed by atoms with Crippen molar-refractivity contribution in [2.75, 3.05) is 38.0 Å². The van der Waals surface area contributed by atoms with E-state index >= 15 is 0 Å². The van der Waals surface area contributed by atoms with Crippen molar-refractivity contribution in [2.24, 2.45) is 0 Å². The maximum Gasteiger partial charge on any atom is 0.256 e. The van der Waals surface area contributed by atoms with Gasteiger partial charge in [0.1, 0.15) is 5.01 Å². The van der Waals surface area contributed by atoms with E-state index in [1.165, 1.54) is 0 Å². The van der Waals surface area contributed by atoms with Crippen LogP contribution in [-0.4, -0.2) is 69.3 Å². The van der Waals surface area contributed by atoms with Crippen LogP contribution in [0.15, 0.2) is 48.1 Å². The number of hydrogen-bond acceptors (Lipinski definition) is 6. The van der Waals surface area contributed by atoms with Gasteiger partial charge in [-0.3, -0.25) is 14.6 Å². The van der Waals surface area contributed by atoms with E-state index < -0.39 is 0 Å². The first kappa shape index (κ1) is 27.1. The van der Waals surface area contributed by atoms with E-state index in [4.69, 9.17) is 4.98 Å². The third-order valence-corrected chi connectivity index (χ3v) is 9.01. The van der Waals surface area contributed by atoms with E-state index in [1.807, 2.05) is 53.6 Å². The van der Waals surface area contributed by atoms with Gasteiger partial charge in [-0.1, -0.05) is 19.9 Å². The van der Waals surface area contributed by atoms with E-state index in [-0.39, 0.29) is 11.8 Å². The Morgan fingerprint density at radius 1 is 1.10 bits per heavy atom. The molecular weight excluding hydrogens is 532 g/mol. The van der Waals surface area contributed by atoms with Crippen LogP contribution in [0.2, 0.25) is 0 Å². The summed E-state index contributed by atoms with van der Waals surface area (Å²) in [6, 6.07) is 9.84. The molecule has 9 heteroatoms. The average Bonchev–Trinajstić information content (AvgIpc) is 3.66. The molecule has 5 heterocycles. The molecule has 210 valence electrons. The van der Waals surface area contributed by atoms with Crippen molar-refractivity contribution in [3.05, 3.63) is 76.2 Å². The molecule has 0 spiro atoms. The number of H-pyrrole nitrogens is 1. The van der Waals surface area contributed by atoms with Gasteiger partial charge in [-0.15, -0.1) is 11.3 Å². The lowest BCUT2D eigenvalue weighted by Gasteiger charge is -2.25. The summed E-state index contributed by atoms with van der Waals surface area (Å²) in [4.78, 5) is 43.5. The number of thiazole rings is 1. The zero-order chi connectivity index (χ0) is 28.5. The molecular formula is C32H34N6O2S. The highest BCUT2D eigenvalue weighted by molar-refractivity contribution is 7.13. The van der Waals surface area contributed by atoms with Crippen LogP contribution in [0.4, 0.5) is 5.69 Å². The highest BCUT2D eigenvalue weighted by Gasteiger charge is 2.29. The molecule has 0 atom stereocenters. The number of amides is 2. The van der Waals surface area contributed by atoms with Crippen molar-refractivity contribution in [1.29, 1.82) is 0 Å². The van der Waals surface area contributed by atoms with Gasteiger partial charge in [-0.2, -0.15) is 0 Å². The number of nitrogens with zero attached hydrogens (tertiary/aromatic N) is 4. The number of fused-ring (bicyclic) bond motifs is 2. The third-order valence-electron chi connectivity index (χ3n) is 8.12. The average molecular weight is 567 g/mol. The van der Waals surface area contributed by atoms with Crippen molar-refractivity contribution in [3.63, 3.8) is 0 Å². The number of carbonyl (C=O) groups excluding carboxylic acids is 2. The van der Waals surface area contributed by atoms with Gasteiger partial charge in [-0.05, 0) is 68.8 Å². The molecule has 3 aromatic heterocycles. The standard InChI is InChI=1S/C32H34N6O2S/c1-4-37(5-2)15-16-38-14-6-7-26-29(32(38)40)20(3)27(34-26)18-24-23-17-22(8-9-25(23)35-30(24)39)28-19-41-31(36-28)21-10-12-33-13-11-21/h8-13,17-19,34H,4-7,14-16H2,1-3H3,(H,35,39)/b24-18-. The number of aromatic nitrogens is 3. The number of aryl methyl sites for hydroxylation is 1. The number of aromatic amines is 1. The van der Waals surface area contributed by atoms with Crippen LogP contribution in [0.3, 0.4) is 0 Å². The molecule has 6 rings (SSSR count). The maximum absolute atomic E-state index is 13.6. The quantitative estimate of drug-likeness (QED) is 0.266. The molecule has 0 aliphatic carbocycles. The first-order chi connectivity index (χ1) is 20.0. The van der Waals surface area contributed by atoms with Crippen LogP contribution in [0.1, 0.15) is 53.1 Å². The Kier molecular flexibility index (Phi) is 7.55. The number of benzene rings is 1. The highest BCUT2D eigenvalue weighted by Crippen LogP contribution is 2.38. The predicted molar refractivity (Wildman–Crippen MR) is 165 cm³/mol. The highest BCUT2D eigenvalue weighted by atomic mass is 32.1. The lowest BCUT2D eigenvalue weighted by atomic mass is 10.0. The van der Waals surface area contributed by atoms with Gasteiger partial charge in [0.05, 0.1) is 16.8 Å². The number of likely N-dealkylation sites (N-methyl/N-ethyl adjacent to an activating group) is 1. The minimum absolute atomic E-state index is 0.0788. The molecule has 0 saturated carbocycles. The molecule has 41 heavy (non-hydrogen) atoms. The monoisotopic (exact) mass is 566 g/mol. The number of pyridine rings is 1. The third kappa shape index (κ3) is 5.23. The number of carbonyl (C=O) groups is 2. The lowest BCUT2D eigenvalue weighted by molar-refractivity contribution is -0.110. The Hall–Kier alpha value is -4.08. The largest absolute Gasteiger partial charge is 0.358 e. The minimum atomic E-state index is -0.149. The summed E-state index contributed by atoms with van der Waals surface area (Å²) in [5, 5.41) is 5.96. The molecule has 0 fully saturated rings. The molecule has 2 N–H and O–H groups in total. The Balaban J connectivity index is 1.30. The Morgan fingerprint density at radius 3 is 2.68 bits per heavy atom. The summed E-state index contributed by atoms with van der Waals surface area (Å²) >= 11 is 1.58. The maximum atomic E-state index is 13.6. The molecule has 8 nitrogen and oxygen atoms in total. The number of rotatable bonds is 8. The number of anilines is 1. The van der Waals surface area contributed by atoms with Crippen molar-refractivity contribution in [1.82, 2.24) is 24.8 Å². The first-order valence-corrected chi connectivity index (χ1v) is 15.1. The van der Waals surface area contributed by atoms with Gasteiger partial charge in [0.2, 0.25) is 0 Å². The molecule has 2 aliphatic heterocycles. The fourth-order valence-electron chi connectivity index (χ4n) is 5.69. The van der Waals surface area contributed by atoms with Gasteiger partial charge in [0.25, 0.3) is 11.8 Å². The Labute approximate surface area is 244 Å². The van der Waals surface area contributed by atoms with Gasteiger partial charge in [0.15, 0.2) is 0 Å². The summed E-state index contributed by atoms with van der Waals surface area (Å²) in [5.74, 6) is -0.0700. The van der Waals surface area contributed by atoms with Gasteiger partial charge in [0, 0.05) is 71.2 Å². The normalized spacial score (nSPS) is 15.8. The Bertz CT molecular complexity index is 1630. The second-order valence-electron chi connectivity index (χ2n) is 10.5. The molecule has 0 radical (unpaired) electrons. The zero-order valence-electron chi connectivity index (χ0n) is 23.7. The molecule has 2 amide bonds. The second-order valence-corrected chi connectivity index (χ2v) is 11.3. The summed E-state index contributed by atoms with van der Waals surface area (Å²) in [6.07, 6.45) is 7.14. The topological polar surface area (TPSA) is 94.2 Å². The summed E-state index contributed by atoms with van der Waals surface area (Å²) in [7, 11) is 0. The predicted octanol–water partition coefficient (Wildman–Crippen LogP) is 5.73. The molecule has 0 saturated heterocycles. The SMILES string of the molecule is CCN(CC)CCN1CCCc2[nH]c(/C=C3\C(=O)Nc4ccc(-c5csc(-c6ccncc6)n5)cc43)c(C)c2C1=O. The fraction of sp³-hybridized carbons (Fsp3) is 0.312. The van der Waals surface area contributed by atoms with Crippen molar-refractivity contribution < 1.29 is 9.59 Å². The van der Waals surface area contributed by atoms with Crippen LogP contribution in [-0.2, 0) is 11.2 Å². The van der Waals surface area contributed by atoms with Crippen molar-refractivity contribution >= 4 is 40.5 Å². The van der Waals surface area contributed by atoms with E-state index in [1.54, 1.807) is 23.7 Å². The van der Waals surface area contributed by atoms with E-state index in [2.05, 4.69) is 34.0 Å².